The smallest absolute Gasteiger partial charge is 0.0570 e. The van der Waals surface area contributed by atoms with Gasteiger partial charge in [-0.2, -0.15) is 11.3 Å². The molecule has 1 heterocycles. The lowest BCUT2D eigenvalue weighted by Gasteiger charge is -2.32. The van der Waals surface area contributed by atoms with Crippen LogP contribution in [0.15, 0.2) is 16.8 Å². The first-order chi connectivity index (χ1) is 5.84. The van der Waals surface area contributed by atoms with Gasteiger partial charge in [-0.15, -0.1) is 0 Å². The van der Waals surface area contributed by atoms with Gasteiger partial charge in [0.15, 0.2) is 0 Å². The summed E-state index contributed by atoms with van der Waals surface area (Å²) in [4.78, 5) is 0. The third-order valence-corrected chi connectivity index (χ3v) is 3.02. The molecule has 0 aromatic carbocycles. The van der Waals surface area contributed by atoms with Gasteiger partial charge in [0.25, 0.3) is 0 Å². The van der Waals surface area contributed by atoms with Crippen LogP contribution in [0.25, 0.3) is 0 Å². The van der Waals surface area contributed by atoms with E-state index in [0.717, 1.165) is 19.4 Å². The van der Waals surface area contributed by atoms with Gasteiger partial charge in [0.2, 0.25) is 0 Å². The Hall–Kier alpha value is -0.380. The number of aliphatic hydroxyl groups is 1. The van der Waals surface area contributed by atoms with Crippen molar-refractivity contribution >= 4 is 11.3 Å². The predicted molar refractivity (Wildman–Crippen MR) is 50.2 cm³/mol. The van der Waals surface area contributed by atoms with Crippen molar-refractivity contribution in [3.05, 3.63) is 22.4 Å². The van der Waals surface area contributed by atoms with E-state index in [9.17, 15) is 0 Å². The van der Waals surface area contributed by atoms with Crippen LogP contribution in [0.4, 0.5) is 0 Å². The molecule has 1 aliphatic carbocycles. The third-order valence-electron chi connectivity index (χ3n) is 2.29. The molecule has 0 amide bonds. The zero-order chi connectivity index (χ0) is 8.39. The Morgan fingerprint density at radius 1 is 1.58 bits per heavy atom. The SMILES string of the molecule is OC1CC(NCc2ccsc2)C1. The fraction of sp³-hybridized carbons (Fsp3) is 0.556. The van der Waals surface area contributed by atoms with E-state index in [1.165, 1.54) is 5.56 Å². The minimum absolute atomic E-state index is 0.0509. The van der Waals surface area contributed by atoms with Gasteiger partial charge in [-0.1, -0.05) is 0 Å². The first kappa shape index (κ1) is 8.23. The van der Waals surface area contributed by atoms with Gasteiger partial charge in [-0.05, 0) is 35.2 Å². The molecular formula is C9H13NOS. The lowest BCUT2D eigenvalue weighted by Crippen LogP contribution is -2.43. The summed E-state index contributed by atoms with van der Waals surface area (Å²) in [6.45, 7) is 0.945. The highest BCUT2D eigenvalue weighted by Gasteiger charge is 2.26. The minimum atomic E-state index is -0.0509. The second-order valence-corrected chi connectivity index (χ2v) is 4.11. The van der Waals surface area contributed by atoms with Crippen molar-refractivity contribution in [2.45, 2.75) is 31.5 Å². The Morgan fingerprint density at radius 2 is 2.42 bits per heavy atom. The zero-order valence-electron chi connectivity index (χ0n) is 6.86. The molecule has 1 aromatic rings. The van der Waals surface area contributed by atoms with Gasteiger partial charge in [-0.3, -0.25) is 0 Å². The molecule has 3 heteroatoms. The molecule has 12 heavy (non-hydrogen) atoms. The zero-order valence-corrected chi connectivity index (χ0v) is 7.68. The van der Waals surface area contributed by atoms with Gasteiger partial charge in [0, 0.05) is 12.6 Å². The summed E-state index contributed by atoms with van der Waals surface area (Å²) < 4.78 is 0. The normalized spacial score (nSPS) is 28.4. The lowest BCUT2D eigenvalue weighted by molar-refractivity contribution is 0.0619. The lowest BCUT2D eigenvalue weighted by atomic mass is 9.89. The number of rotatable bonds is 3. The highest BCUT2D eigenvalue weighted by Crippen LogP contribution is 2.19. The number of nitrogens with one attached hydrogen (secondary N) is 1. The number of aliphatic hydroxyl groups excluding tert-OH is 1. The average molecular weight is 183 g/mol. The molecule has 1 fully saturated rings. The highest BCUT2D eigenvalue weighted by atomic mass is 32.1. The van der Waals surface area contributed by atoms with E-state index < -0.39 is 0 Å². The summed E-state index contributed by atoms with van der Waals surface area (Å²) in [6.07, 6.45) is 1.79. The molecule has 0 atom stereocenters. The van der Waals surface area contributed by atoms with Crippen molar-refractivity contribution in [1.29, 1.82) is 0 Å². The predicted octanol–water partition coefficient (Wildman–Crippen LogP) is 1.36. The van der Waals surface area contributed by atoms with E-state index in [0.29, 0.717) is 6.04 Å². The maximum absolute atomic E-state index is 9.04. The Bertz CT molecular complexity index is 229. The van der Waals surface area contributed by atoms with Crippen LogP contribution in [-0.4, -0.2) is 17.3 Å². The van der Waals surface area contributed by atoms with Crippen molar-refractivity contribution in [2.75, 3.05) is 0 Å². The maximum Gasteiger partial charge on any atom is 0.0570 e. The molecule has 2 N–H and O–H groups in total. The molecule has 0 saturated heterocycles. The van der Waals surface area contributed by atoms with Crippen molar-refractivity contribution in [1.82, 2.24) is 5.32 Å². The molecule has 0 radical (unpaired) electrons. The fourth-order valence-corrected chi connectivity index (χ4v) is 2.08. The van der Waals surface area contributed by atoms with Crippen molar-refractivity contribution in [3.8, 4) is 0 Å². The third kappa shape index (κ3) is 1.86. The Morgan fingerprint density at radius 3 is 3.00 bits per heavy atom. The van der Waals surface area contributed by atoms with Crippen LogP contribution >= 0.6 is 11.3 Å². The molecule has 0 aliphatic heterocycles. The first-order valence-electron chi connectivity index (χ1n) is 4.27. The summed E-state index contributed by atoms with van der Waals surface area (Å²) in [5.74, 6) is 0. The monoisotopic (exact) mass is 183 g/mol. The van der Waals surface area contributed by atoms with Crippen LogP contribution in [0.3, 0.4) is 0 Å². The highest BCUT2D eigenvalue weighted by molar-refractivity contribution is 7.07. The van der Waals surface area contributed by atoms with Crippen molar-refractivity contribution < 1.29 is 5.11 Å². The summed E-state index contributed by atoms with van der Waals surface area (Å²) in [5.41, 5.74) is 1.35. The largest absolute Gasteiger partial charge is 0.393 e. The molecule has 1 aliphatic rings. The van der Waals surface area contributed by atoms with Crippen LogP contribution < -0.4 is 5.32 Å². The van der Waals surface area contributed by atoms with E-state index in [1.54, 1.807) is 11.3 Å². The van der Waals surface area contributed by atoms with Gasteiger partial charge in [0.1, 0.15) is 0 Å². The van der Waals surface area contributed by atoms with Gasteiger partial charge >= 0.3 is 0 Å². The fourth-order valence-electron chi connectivity index (χ4n) is 1.41. The standard InChI is InChI=1S/C9H13NOS/c11-9-3-8(4-9)10-5-7-1-2-12-6-7/h1-2,6,8-11H,3-5H2. The number of hydrogen-bond acceptors (Lipinski definition) is 3. The van der Waals surface area contributed by atoms with E-state index in [4.69, 9.17) is 5.11 Å². The molecule has 2 nitrogen and oxygen atoms in total. The Balaban J connectivity index is 1.70. The molecule has 2 rings (SSSR count). The van der Waals surface area contributed by atoms with E-state index in [-0.39, 0.29) is 6.10 Å². The second-order valence-electron chi connectivity index (χ2n) is 3.33. The molecule has 1 saturated carbocycles. The van der Waals surface area contributed by atoms with Crippen LogP contribution in [0, 0.1) is 0 Å². The molecule has 66 valence electrons. The summed E-state index contributed by atoms with van der Waals surface area (Å²) >= 11 is 1.73. The summed E-state index contributed by atoms with van der Waals surface area (Å²) in [5, 5.41) is 16.7. The van der Waals surface area contributed by atoms with E-state index in [2.05, 4.69) is 22.1 Å². The summed E-state index contributed by atoms with van der Waals surface area (Å²) in [7, 11) is 0. The molecule has 0 bridgehead atoms. The number of hydrogen-bond donors (Lipinski definition) is 2. The molecule has 0 spiro atoms. The topological polar surface area (TPSA) is 32.3 Å². The van der Waals surface area contributed by atoms with Crippen molar-refractivity contribution in [2.24, 2.45) is 0 Å². The average Bonchev–Trinajstić information content (AvgIpc) is 2.47. The van der Waals surface area contributed by atoms with E-state index in [1.807, 2.05) is 0 Å². The van der Waals surface area contributed by atoms with Gasteiger partial charge < -0.3 is 10.4 Å². The van der Waals surface area contributed by atoms with E-state index >= 15 is 0 Å². The first-order valence-corrected chi connectivity index (χ1v) is 5.21. The van der Waals surface area contributed by atoms with Crippen LogP contribution in [0.5, 0.6) is 0 Å². The summed E-state index contributed by atoms with van der Waals surface area (Å²) in [6, 6.07) is 2.67. The molecular weight excluding hydrogens is 170 g/mol. The van der Waals surface area contributed by atoms with Crippen molar-refractivity contribution in [3.63, 3.8) is 0 Å². The minimum Gasteiger partial charge on any atom is -0.393 e. The van der Waals surface area contributed by atoms with Crippen LogP contribution in [-0.2, 0) is 6.54 Å². The molecule has 0 unspecified atom stereocenters. The second kappa shape index (κ2) is 3.56. The Labute approximate surface area is 76.2 Å². The number of thiophene rings is 1. The van der Waals surface area contributed by atoms with Crippen LogP contribution in [0.2, 0.25) is 0 Å². The quantitative estimate of drug-likeness (QED) is 0.741. The van der Waals surface area contributed by atoms with Gasteiger partial charge in [-0.25, -0.2) is 0 Å². The Kier molecular flexibility index (Phi) is 2.44. The molecule has 1 aromatic heterocycles. The van der Waals surface area contributed by atoms with Gasteiger partial charge in [0.05, 0.1) is 6.10 Å². The maximum atomic E-state index is 9.04. The van der Waals surface area contributed by atoms with Crippen LogP contribution in [0.1, 0.15) is 18.4 Å².